The monoisotopic (exact) mass is 712 g/mol. The first-order valence-corrected chi connectivity index (χ1v) is 19.2. The first-order chi connectivity index (χ1) is 27.8. The van der Waals surface area contributed by atoms with Crippen LogP contribution in [0.5, 0.6) is 0 Å². The van der Waals surface area contributed by atoms with Crippen LogP contribution in [0.1, 0.15) is 0 Å². The maximum absolute atomic E-state index is 6.41. The van der Waals surface area contributed by atoms with Gasteiger partial charge in [-0.05, 0) is 119 Å². The minimum absolute atomic E-state index is 0.893. The van der Waals surface area contributed by atoms with Gasteiger partial charge in [0.15, 0.2) is 0 Å². The van der Waals surface area contributed by atoms with Gasteiger partial charge < -0.3 is 8.83 Å². The van der Waals surface area contributed by atoms with Gasteiger partial charge in [0.25, 0.3) is 0 Å². The quantitative estimate of drug-likeness (QED) is 0.170. The van der Waals surface area contributed by atoms with Crippen molar-refractivity contribution in [3.05, 3.63) is 194 Å². The van der Waals surface area contributed by atoms with Gasteiger partial charge in [-0.15, -0.1) is 0 Å². The van der Waals surface area contributed by atoms with Crippen LogP contribution in [0.3, 0.4) is 0 Å². The number of hydrogen-bond acceptors (Lipinski definition) is 2. The van der Waals surface area contributed by atoms with Crippen molar-refractivity contribution in [3.8, 4) is 44.5 Å². The van der Waals surface area contributed by atoms with Gasteiger partial charge >= 0.3 is 0 Å². The molecule has 0 radical (unpaired) electrons. The van der Waals surface area contributed by atoms with E-state index in [1.807, 2.05) is 24.3 Å². The van der Waals surface area contributed by atoms with E-state index >= 15 is 0 Å². The second kappa shape index (κ2) is 12.0. The molecule has 0 bridgehead atoms. The molecule has 56 heavy (non-hydrogen) atoms. The SMILES string of the molecule is c1ccc(-c2cccc3c(-c4c5cccc(-c6ccc7c(c6)oc6ccccc67)c5cc5c(-c6ccc7c(c6)oc6ccccc67)cccc45)cccc23)cc1. The lowest BCUT2D eigenvalue weighted by atomic mass is 9.84. The standard InChI is InChI=1S/C54H32O2/c1-2-12-33(13-3-1)36-16-8-20-40-39(36)19-11-21-45(40)54-46-22-9-17-37(34-26-28-43-41-14-4-6-24-50(41)55-52(43)30-34)48(46)32-49-38(18-10-23-47(49)54)35-27-29-44-42-15-5-7-25-51(42)56-53(44)31-35/h1-32H. The van der Waals surface area contributed by atoms with Gasteiger partial charge in [-0.3, -0.25) is 0 Å². The number of hydrogen-bond donors (Lipinski definition) is 0. The van der Waals surface area contributed by atoms with Crippen LogP contribution in [0.2, 0.25) is 0 Å². The second-order valence-corrected chi connectivity index (χ2v) is 14.7. The van der Waals surface area contributed by atoms with Gasteiger partial charge in [-0.1, -0.05) is 152 Å². The minimum atomic E-state index is 0.893. The highest BCUT2D eigenvalue weighted by molar-refractivity contribution is 6.22. The number of para-hydroxylation sites is 2. The molecule has 0 unspecified atom stereocenters. The molecular weight excluding hydrogens is 681 g/mol. The van der Waals surface area contributed by atoms with Crippen LogP contribution < -0.4 is 0 Å². The van der Waals surface area contributed by atoms with Gasteiger partial charge in [0.1, 0.15) is 22.3 Å². The largest absolute Gasteiger partial charge is 0.456 e. The molecule has 0 saturated carbocycles. The molecule has 0 atom stereocenters. The fraction of sp³-hybridized carbons (Fsp3) is 0. The normalized spacial score (nSPS) is 11.9. The Morgan fingerprint density at radius 1 is 0.214 bits per heavy atom. The summed E-state index contributed by atoms with van der Waals surface area (Å²) in [6.07, 6.45) is 0. The van der Waals surface area contributed by atoms with E-state index in [0.717, 1.165) is 55.0 Å². The Morgan fingerprint density at radius 2 is 0.625 bits per heavy atom. The fourth-order valence-corrected chi connectivity index (χ4v) is 9.14. The van der Waals surface area contributed by atoms with E-state index in [1.165, 1.54) is 65.7 Å². The Bertz CT molecular complexity index is 3360. The van der Waals surface area contributed by atoms with E-state index < -0.39 is 0 Å². The first-order valence-electron chi connectivity index (χ1n) is 19.2. The van der Waals surface area contributed by atoms with E-state index in [4.69, 9.17) is 8.83 Å². The summed E-state index contributed by atoms with van der Waals surface area (Å²) in [5, 5.41) is 11.8. The van der Waals surface area contributed by atoms with Crippen molar-refractivity contribution in [3.63, 3.8) is 0 Å². The second-order valence-electron chi connectivity index (χ2n) is 14.7. The summed E-state index contributed by atoms with van der Waals surface area (Å²) >= 11 is 0. The highest BCUT2D eigenvalue weighted by Crippen LogP contribution is 2.46. The first kappa shape index (κ1) is 31.0. The Balaban J connectivity index is 1.17. The molecule has 0 aliphatic carbocycles. The van der Waals surface area contributed by atoms with Crippen LogP contribution in [0, 0.1) is 0 Å². The van der Waals surface area contributed by atoms with Crippen LogP contribution in [0.4, 0.5) is 0 Å². The predicted octanol–water partition coefficient (Wildman–Crippen LogP) is 15.6. The van der Waals surface area contributed by atoms with Crippen molar-refractivity contribution in [2.24, 2.45) is 0 Å². The maximum atomic E-state index is 6.41. The number of furan rings is 2. The summed E-state index contributed by atoms with van der Waals surface area (Å²) in [4.78, 5) is 0. The molecule has 0 aliphatic rings. The van der Waals surface area contributed by atoms with Crippen molar-refractivity contribution in [2.45, 2.75) is 0 Å². The number of fused-ring (bicyclic) bond motifs is 9. The summed E-state index contributed by atoms with van der Waals surface area (Å²) in [6.45, 7) is 0. The molecule has 0 amide bonds. The molecule has 2 heteroatoms. The van der Waals surface area contributed by atoms with Gasteiger partial charge in [0.2, 0.25) is 0 Å². The molecule has 2 aromatic heterocycles. The van der Waals surface area contributed by atoms with Gasteiger partial charge in [0.05, 0.1) is 0 Å². The Labute approximate surface area is 322 Å². The van der Waals surface area contributed by atoms with Gasteiger partial charge in [-0.25, -0.2) is 0 Å². The van der Waals surface area contributed by atoms with E-state index in [-0.39, 0.29) is 0 Å². The van der Waals surface area contributed by atoms with Gasteiger partial charge in [0, 0.05) is 21.5 Å². The smallest absolute Gasteiger partial charge is 0.136 e. The van der Waals surface area contributed by atoms with Crippen LogP contribution in [0.15, 0.2) is 203 Å². The maximum Gasteiger partial charge on any atom is 0.136 e. The summed E-state index contributed by atoms with van der Waals surface area (Å²) in [7, 11) is 0. The average molecular weight is 713 g/mol. The molecular formula is C54H32O2. The molecule has 10 aromatic carbocycles. The highest BCUT2D eigenvalue weighted by Gasteiger charge is 2.19. The van der Waals surface area contributed by atoms with Gasteiger partial charge in [-0.2, -0.15) is 0 Å². The zero-order valence-corrected chi connectivity index (χ0v) is 30.3. The number of rotatable bonds is 4. The molecule has 2 nitrogen and oxygen atoms in total. The van der Waals surface area contributed by atoms with E-state index in [0.29, 0.717) is 0 Å². The number of benzene rings is 10. The lowest BCUT2D eigenvalue weighted by Crippen LogP contribution is -1.92. The average Bonchev–Trinajstić information content (AvgIpc) is 3.82. The summed E-state index contributed by atoms with van der Waals surface area (Å²) < 4.78 is 12.8. The van der Waals surface area contributed by atoms with Crippen LogP contribution >= 0.6 is 0 Å². The Hall–Kier alpha value is -7.42. The molecule has 0 saturated heterocycles. The third-order valence-electron chi connectivity index (χ3n) is 11.7. The van der Waals surface area contributed by atoms with Crippen molar-refractivity contribution in [2.75, 3.05) is 0 Å². The topological polar surface area (TPSA) is 26.3 Å². The summed E-state index contributed by atoms with van der Waals surface area (Å²) in [5.74, 6) is 0. The zero-order chi connectivity index (χ0) is 36.7. The fourth-order valence-electron chi connectivity index (χ4n) is 9.14. The summed E-state index contributed by atoms with van der Waals surface area (Å²) in [5.41, 5.74) is 13.1. The summed E-state index contributed by atoms with van der Waals surface area (Å²) in [6, 6.07) is 70.0. The van der Waals surface area contributed by atoms with Crippen LogP contribution in [-0.2, 0) is 0 Å². The lowest BCUT2D eigenvalue weighted by molar-refractivity contribution is 0.668. The lowest BCUT2D eigenvalue weighted by Gasteiger charge is -2.19. The molecule has 0 fully saturated rings. The van der Waals surface area contributed by atoms with Crippen LogP contribution in [-0.4, -0.2) is 0 Å². The molecule has 0 N–H and O–H groups in total. The molecule has 2 heterocycles. The third kappa shape index (κ3) is 4.63. The van der Waals surface area contributed by atoms with Crippen molar-refractivity contribution < 1.29 is 8.83 Å². The molecule has 12 rings (SSSR count). The highest BCUT2D eigenvalue weighted by atomic mass is 16.3. The van der Waals surface area contributed by atoms with Crippen molar-refractivity contribution in [1.29, 1.82) is 0 Å². The predicted molar refractivity (Wildman–Crippen MR) is 235 cm³/mol. The Kier molecular flexibility index (Phi) is 6.66. The third-order valence-corrected chi connectivity index (χ3v) is 11.7. The van der Waals surface area contributed by atoms with E-state index in [2.05, 4.69) is 170 Å². The minimum Gasteiger partial charge on any atom is -0.456 e. The molecule has 0 spiro atoms. The molecule has 260 valence electrons. The zero-order valence-electron chi connectivity index (χ0n) is 30.3. The van der Waals surface area contributed by atoms with Crippen LogP contribution in [0.25, 0.3) is 121 Å². The Morgan fingerprint density at radius 3 is 1.18 bits per heavy atom. The van der Waals surface area contributed by atoms with Crippen molar-refractivity contribution in [1.82, 2.24) is 0 Å². The van der Waals surface area contributed by atoms with E-state index in [9.17, 15) is 0 Å². The van der Waals surface area contributed by atoms with E-state index in [1.54, 1.807) is 0 Å². The molecule has 0 aliphatic heterocycles. The van der Waals surface area contributed by atoms with Crippen molar-refractivity contribution >= 4 is 76.2 Å². The molecule has 12 aromatic rings.